The number of nitrogens with one attached hydrogen (secondary N) is 1. The number of hydrogen-bond acceptors (Lipinski definition) is 3. The lowest BCUT2D eigenvalue weighted by Crippen LogP contribution is -2.28. The Morgan fingerprint density at radius 2 is 1.81 bits per heavy atom. The molecule has 1 N–H and O–H groups in total. The fourth-order valence-corrected chi connectivity index (χ4v) is 2.96. The van der Waals surface area contributed by atoms with Crippen molar-refractivity contribution in [1.82, 2.24) is 9.97 Å². The normalized spacial score (nSPS) is 30.0. The van der Waals surface area contributed by atoms with Crippen molar-refractivity contribution in [1.29, 1.82) is 0 Å². The molecule has 16 heavy (non-hydrogen) atoms. The predicted molar refractivity (Wildman–Crippen MR) is 64.1 cm³/mol. The van der Waals surface area contributed by atoms with Gasteiger partial charge in [-0.3, -0.25) is 0 Å². The third-order valence-electron chi connectivity index (χ3n) is 3.93. The summed E-state index contributed by atoms with van der Waals surface area (Å²) in [7, 11) is 0. The zero-order valence-corrected chi connectivity index (χ0v) is 9.60. The summed E-state index contributed by atoms with van der Waals surface area (Å²) in [5.41, 5.74) is 1.07. The van der Waals surface area contributed by atoms with Gasteiger partial charge in [0.15, 0.2) is 0 Å². The van der Waals surface area contributed by atoms with Gasteiger partial charge in [0.25, 0.3) is 0 Å². The van der Waals surface area contributed by atoms with Crippen LogP contribution in [0, 0.1) is 11.8 Å². The first-order chi connectivity index (χ1) is 7.92. The second-order valence-electron chi connectivity index (χ2n) is 5.23. The van der Waals surface area contributed by atoms with Crippen molar-refractivity contribution in [3.05, 3.63) is 18.7 Å². The minimum Gasteiger partial charge on any atom is -0.380 e. The van der Waals surface area contributed by atoms with Crippen LogP contribution in [0.1, 0.15) is 38.5 Å². The Labute approximate surface area is 96.7 Å². The Morgan fingerprint density at radius 1 is 1.00 bits per heavy atom. The molecule has 2 saturated carbocycles. The van der Waals surface area contributed by atoms with Gasteiger partial charge in [0, 0.05) is 6.04 Å². The molecule has 86 valence electrons. The van der Waals surface area contributed by atoms with Crippen molar-refractivity contribution in [2.75, 3.05) is 5.32 Å². The van der Waals surface area contributed by atoms with E-state index < -0.39 is 0 Å². The van der Waals surface area contributed by atoms with Gasteiger partial charge in [-0.1, -0.05) is 12.8 Å². The number of rotatable bonds is 3. The van der Waals surface area contributed by atoms with Crippen molar-refractivity contribution in [3.63, 3.8) is 0 Å². The summed E-state index contributed by atoms with van der Waals surface area (Å²) >= 11 is 0. The lowest BCUT2D eigenvalue weighted by Gasteiger charge is -2.30. The molecule has 0 amide bonds. The van der Waals surface area contributed by atoms with E-state index in [1.165, 1.54) is 38.5 Å². The molecule has 1 heterocycles. The van der Waals surface area contributed by atoms with Crippen molar-refractivity contribution in [2.45, 2.75) is 44.6 Å². The Hall–Kier alpha value is -1.12. The van der Waals surface area contributed by atoms with Crippen LogP contribution in [0.15, 0.2) is 18.7 Å². The smallest absolute Gasteiger partial charge is 0.115 e. The summed E-state index contributed by atoms with van der Waals surface area (Å²) in [5.74, 6) is 2.03. The summed E-state index contributed by atoms with van der Waals surface area (Å²) in [6.45, 7) is 0. The quantitative estimate of drug-likeness (QED) is 0.846. The van der Waals surface area contributed by atoms with Gasteiger partial charge >= 0.3 is 0 Å². The molecular weight excluding hydrogens is 198 g/mol. The zero-order chi connectivity index (χ0) is 10.8. The maximum absolute atomic E-state index is 4.04. The van der Waals surface area contributed by atoms with Gasteiger partial charge in [-0.15, -0.1) is 0 Å². The Balaban J connectivity index is 1.58. The van der Waals surface area contributed by atoms with Crippen molar-refractivity contribution in [3.8, 4) is 0 Å². The molecule has 1 aromatic rings. The fourth-order valence-electron chi connectivity index (χ4n) is 2.96. The highest BCUT2D eigenvalue weighted by Crippen LogP contribution is 2.44. The van der Waals surface area contributed by atoms with Gasteiger partial charge in [-0.25, -0.2) is 9.97 Å². The topological polar surface area (TPSA) is 37.8 Å². The van der Waals surface area contributed by atoms with E-state index >= 15 is 0 Å². The number of anilines is 1. The molecule has 2 aliphatic carbocycles. The number of nitrogens with zero attached hydrogens (tertiary/aromatic N) is 2. The van der Waals surface area contributed by atoms with E-state index in [9.17, 15) is 0 Å². The zero-order valence-electron chi connectivity index (χ0n) is 9.60. The molecule has 3 heteroatoms. The summed E-state index contributed by atoms with van der Waals surface area (Å²) in [5, 5.41) is 3.57. The maximum Gasteiger partial charge on any atom is 0.115 e. The summed E-state index contributed by atoms with van der Waals surface area (Å²) in [4.78, 5) is 8.09. The molecule has 2 fully saturated rings. The van der Waals surface area contributed by atoms with Gasteiger partial charge in [0.2, 0.25) is 0 Å². The van der Waals surface area contributed by atoms with E-state index in [0.29, 0.717) is 6.04 Å². The number of hydrogen-bond donors (Lipinski definition) is 1. The molecule has 2 aliphatic rings. The summed E-state index contributed by atoms with van der Waals surface area (Å²) < 4.78 is 0. The molecule has 1 aromatic heterocycles. The SMILES string of the molecule is c1ncc(NC2CCCC(C3CC3)C2)cn1. The Bertz CT molecular complexity index is 334. The first-order valence-electron chi connectivity index (χ1n) is 6.43. The first kappa shape index (κ1) is 10.1. The maximum atomic E-state index is 4.04. The molecule has 2 unspecified atom stereocenters. The van der Waals surface area contributed by atoms with Gasteiger partial charge < -0.3 is 5.32 Å². The Kier molecular flexibility index (Phi) is 2.77. The van der Waals surface area contributed by atoms with Crippen LogP contribution >= 0.6 is 0 Å². The third-order valence-corrected chi connectivity index (χ3v) is 3.93. The molecule has 0 radical (unpaired) electrons. The van der Waals surface area contributed by atoms with Gasteiger partial charge in [-0.2, -0.15) is 0 Å². The minimum absolute atomic E-state index is 0.644. The van der Waals surface area contributed by atoms with E-state index in [1.54, 1.807) is 6.33 Å². The molecule has 3 nitrogen and oxygen atoms in total. The van der Waals surface area contributed by atoms with Crippen LogP contribution < -0.4 is 5.32 Å². The van der Waals surface area contributed by atoms with Crippen LogP contribution in [0.4, 0.5) is 5.69 Å². The first-order valence-corrected chi connectivity index (χ1v) is 6.43. The molecule has 2 atom stereocenters. The van der Waals surface area contributed by atoms with Crippen LogP contribution in [0.5, 0.6) is 0 Å². The number of aromatic nitrogens is 2. The Morgan fingerprint density at radius 3 is 2.56 bits per heavy atom. The van der Waals surface area contributed by atoms with Crippen LogP contribution in [-0.4, -0.2) is 16.0 Å². The average Bonchev–Trinajstić information content (AvgIpc) is 3.15. The predicted octanol–water partition coefficient (Wildman–Crippen LogP) is 2.86. The highest BCUT2D eigenvalue weighted by molar-refractivity contribution is 5.38. The van der Waals surface area contributed by atoms with E-state index in [0.717, 1.165) is 17.5 Å². The standard InChI is InChI=1S/C13H19N3/c1-2-11(10-4-5-10)6-12(3-1)16-13-7-14-9-15-8-13/h7-12,16H,1-6H2. The van der Waals surface area contributed by atoms with Crippen molar-refractivity contribution < 1.29 is 0 Å². The second-order valence-corrected chi connectivity index (χ2v) is 5.23. The summed E-state index contributed by atoms with van der Waals surface area (Å²) in [6.07, 6.45) is 13.8. The van der Waals surface area contributed by atoms with Crippen LogP contribution in [0.25, 0.3) is 0 Å². The highest BCUT2D eigenvalue weighted by atomic mass is 15.0. The fraction of sp³-hybridized carbons (Fsp3) is 0.692. The third kappa shape index (κ3) is 2.34. The molecule has 0 saturated heterocycles. The van der Waals surface area contributed by atoms with Crippen LogP contribution in [-0.2, 0) is 0 Å². The summed E-state index contributed by atoms with van der Waals surface area (Å²) in [6, 6.07) is 0.644. The van der Waals surface area contributed by atoms with Gasteiger partial charge in [0.1, 0.15) is 6.33 Å². The lowest BCUT2D eigenvalue weighted by atomic mass is 9.82. The van der Waals surface area contributed by atoms with E-state index in [-0.39, 0.29) is 0 Å². The largest absolute Gasteiger partial charge is 0.380 e. The van der Waals surface area contributed by atoms with E-state index in [2.05, 4.69) is 15.3 Å². The monoisotopic (exact) mass is 217 g/mol. The molecule has 0 aliphatic heterocycles. The molecule has 0 aromatic carbocycles. The average molecular weight is 217 g/mol. The molecule has 0 spiro atoms. The van der Waals surface area contributed by atoms with Crippen molar-refractivity contribution >= 4 is 5.69 Å². The minimum atomic E-state index is 0.644. The van der Waals surface area contributed by atoms with Gasteiger partial charge in [-0.05, 0) is 37.5 Å². The molecular formula is C13H19N3. The second kappa shape index (κ2) is 4.40. The van der Waals surface area contributed by atoms with E-state index in [4.69, 9.17) is 0 Å². The van der Waals surface area contributed by atoms with E-state index in [1.807, 2.05) is 12.4 Å². The lowest BCUT2D eigenvalue weighted by molar-refractivity contribution is 0.303. The van der Waals surface area contributed by atoms with Gasteiger partial charge in [0.05, 0.1) is 18.1 Å². The highest BCUT2D eigenvalue weighted by Gasteiger charge is 2.34. The van der Waals surface area contributed by atoms with Crippen LogP contribution in [0.2, 0.25) is 0 Å². The van der Waals surface area contributed by atoms with Crippen LogP contribution in [0.3, 0.4) is 0 Å². The molecule has 3 rings (SSSR count). The van der Waals surface area contributed by atoms with Crippen molar-refractivity contribution in [2.24, 2.45) is 11.8 Å². The molecule has 0 bridgehead atoms.